The molecule has 1 aliphatic heterocycles. The second-order valence-electron chi connectivity index (χ2n) is 7.97. The van der Waals surface area contributed by atoms with E-state index in [9.17, 15) is 4.79 Å². The molecule has 2 aliphatic carbocycles. The molecule has 2 unspecified atom stereocenters. The monoisotopic (exact) mass is 333 g/mol. The Morgan fingerprint density at radius 3 is 2.52 bits per heavy atom. The van der Waals surface area contributed by atoms with Crippen molar-refractivity contribution in [2.45, 2.75) is 39.0 Å². The summed E-state index contributed by atoms with van der Waals surface area (Å²) in [5.41, 5.74) is 4.55. The Kier molecular flexibility index (Phi) is 4.15. The predicted octanol–water partition coefficient (Wildman–Crippen LogP) is 4.95. The number of nitrogens with zero attached hydrogens (tertiary/aromatic N) is 1. The summed E-state index contributed by atoms with van der Waals surface area (Å²) in [6.45, 7) is 5.78. The number of likely N-dealkylation sites (tertiary alicyclic amines) is 1. The van der Waals surface area contributed by atoms with E-state index in [4.69, 9.17) is 0 Å². The van der Waals surface area contributed by atoms with Gasteiger partial charge in [-0.2, -0.15) is 0 Å². The van der Waals surface area contributed by atoms with Crippen molar-refractivity contribution in [3.63, 3.8) is 0 Å². The molecule has 0 aromatic heterocycles. The Labute approximate surface area is 150 Å². The van der Waals surface area contributed by atoms with E-state index in [1.54, 1.807) is 6.92 Å². The van der Waals surface area contributed by atoms with Gasteiger partial charge in [0.1, 0.15) is 0 Å². The van der Waals surface area contributed by atoms with Gasteiger partial charge in [0.2, 0.25) is 5.91 Å². The molecular formula is C23H27NO. The molecule has 1 amide bonds. The van der Waals surface area contributed by atoms with Gasteiger partial charge in [0, 0.05) is 20.0 Å². The van der Waals surface area contributed by atoms with Crippen LogP contribution in [0.3, 0.4) is 0 Å². The zero-order valence-electron chi connectivity index (χ0n) is 15.2. The molecule has 1 aromatic carbocycles. The molecule has 1 aromatic rings. The third-order valence-corrected chi connectivity index (χ3v) is 6.28. The van der Waals surface area contributed by atoms with Crippen LogP contribution in [-0.4, -0.2) is 23.9 Å². The first kappa shape index (κ1) is 16.4. The first-order chi connectivity index (χ1) is 12.1. The van der Waals surface area contributed by atoms with Crippen LogP contribution in [0.1, 0.15) is 50.2 Å². The Bertz CT molecular complexity index is 745. The largest absolute Gasteiger partial charge is 0.343 e. The van der Waals surface area contributed by atoms with Crippen molar-refractivity contribution < 1.29 is 4.79 Å². The fourth-order valence-electron chi connectivity index (χ4n) is 4.53. The molecule has 3 aliphatic rings. The van der Waals surface area contributed by atoms with E-state index >= 15 is 0 Å². The molecule has 1 saturated heterocycles. The minimum absolute atomic E-state index is 0.227. The van der Waals surface area contributed by atoms with Gasteiger partial charge in [-0.1, -0.05) is 61.6 Å². The molecular weight excluding hydrogens is 306 g/mol. The quantitative estimate of drug-likeness (QED) is 0.750. The lowest BCUT2D eigenvalue weighted by Gasteiger charge is -2.32. The average Bonchev–Trinajstić information content (AvgIpc) is 3.35. The van der Waals surface area contributed by atoms with Crippen LogP contribution in [-0.2, 0) is 4.79 Å². The maximum Gasteiger partial charge on any atom is 0.219 e. The summed E-state index contributed by atoms with van der Waals surface area (Å²) in [6.07, 6.45) is 14.6. The van der Waals surface area contributed by atoms with Gasteiger partial charge in [-0.3, -0.25) is 4.79 Å². The smallest absolute Gasteiger partial charge is 0.219 e. The van der Waals surface area contributed by atoms with Crippen LogP contribution in [0, 0.1) is 11.3 Å². The molecule has 25 heavy (non-hydrogen) atoms. The lowest BCUT2D eigenvalue weighted by Crippen LogP contribution is -2.38. The standard InChI is InChI=1S/C23H27NO/c1-17-5-3-4-6-21(15-17)19-7-9-20(10-8-19)22-16-23(22)11-13-24(14-12-23)18(2)25/h3-10,15,17,22H,11-14,16H2,1-2H3. The minimum atomic E-state index is 0.227. The summed E-state index contributed by atoms with van der Waals surface area (Å²) in [6, 6.07) is 9.20. The lowest BCUT2D eigenvalue weighted by molar-refractivity contribution is -0.130. The number of hydrogen-bond acceptors (Lipinski definition) is 1. The Hall–Kier alpha value is -2.09. The van der Waals surface area contributed by atoms with Crippen molar-refractivity contribution in [1.29, 1.82) is 0 Å². The summed E-state index contributed by atoms with van der Waals surface area (Å²) in [7, 11) is 0. The summed E-state index contributed by atoms with van der Waals surface area (Å²) in [4.78, 5) is 13.5. The van der Waals surface area contributed by atoms with Crippen molar-refractivity contribution in [2.75, 3.05) is 13.1 Å². The molecule has 130 valence electrons. The number of benzene rings is 1. The zero-order chi connectivity index (χ0) is 17.4. The fraction of sp³-hybridized carbons (Fsp3) is 0.435. The van der Waals surface area contributed by atoms with Crippen LogP contribution in [0.2, 0.25) is 0 Å². The summed E-state index contributed by atoms with van der Waals surface area (Å²) in [5, 5.41) is 0. The highest BCUT2D eigenvalue weighted by atomic mass is 16.2. The van der Waals surface area contributed by atoms with E-state index in [-0.39, 0.29) is 5.91 Å². The number of amides is 1. The highest BCUT2D eigenvalue weighted by Crippen LogP contribution is 2.64. The van der Waals surface area contributed by atoms with Crippen molar-refractivity contribution in [2.24, 2.45) is 11.3 Å². The van der Waals surface area contributed by atoms with Crippen molar-refractivity contribution in [3.8, 4) is 0 Å². The van der Waals surface area contributed by atoms with Gasteiger partial charge >= 0.3 is 0 Å². The van der Waals surface area contributed by atoms with E-state index in [1.165, 1.54) is 23.1 Å². The van der Waals surface area contributed by atoms with Gasteiger partial charge in [0.25, 0.3) is 0 Å². The second kappa shape index (κ2) is 6.33. The summed E-state index contributed by atoms with van der Waals surface area (Å²) < 4.78 is 0. The van der Waals surface area contributed by atoms with Gasteiger partial charge in [-0.05, 0) is 53.2 Å². The topological polar surface area (TPSA) is 20.3 Å². The molecule has 0 radical (unpaired) electrons. The maximum absolute atomic E-state index is 11.5. The van der Waals surface area contributed by atoms with Gasteiger partial charge in [-0.25, -0.2) is 0 Å². The Morgan fingerprint density at radius 2 is 1.84 bits per heavy atom. The van der Waals surface area contributed by atoms with Gasteiger partial charge in [0.05, 0.1) is 0 Å². The molecule has 0 N–H and O–H groups in total. The molecule has 4 rings (SSSR count). The predicted molar refractivity (Wildman–Crippen MR) is 103 cm³/mol. The van der Waals surface area contributed by atoms with E-state index in [1.807, 2.05) is 4.90 Å². The Morgan fingerprint density at radius 1 is 1.12 bits per heavy atom. The minimum Gasteiger partial charge on any atom is -0.343 e. The molecule has 2 heteroatoms. The zero-order valence-corrected chi connectivity index (χ0v) is 15.2. The third-order valence-electron chi connectivity index (χ3n) is 6.28. The Balaban J connectivity index is 1.45. The molecule has 0 bridgehead atoms. The van der Waals surface area contributed by atoms with E-state index < -0.39 is 0 Å². The number of carbonyl (C=O) groups excluding carboxylic acids is 1. The number of hydrogen-bond donors (Lipinski definition) is 0. The van der Waals surface area contributed by atoms with Crippen LogP contribution in [0.25, 0.3) is 5.57 Å². The number of allylic oxidation sites excluding steroid dienone is 6. The second-order valence-corrected chi connectivity index (χ2v) is 7.97. The average molecular weight is 333 g/mol. The van der Waals surface area contributed by atoms with E-state index in [2.05, 4.69) is 61.6 Å². The number of rotatable bonds is 2. The van der Waals surface area contributed by atoms with Gasteiger partial charge in [-0.15, -0.1) is 0 Å². The third kappa shape index (κ3) is 3.22. The summed E-state index contributed by atoms with van der Waals surface area (Å²) >= 11 is 0. The molecule has 1 heterocycles. The SMILES string of the molecule is CC(=O)N1CCC2(CC1)CC2c1ccc(C2=CC(C)C=CC=C2)cc1. The molecule has 1 saturated carbocycles. The number of carbonyl (C=O) groups is 1. The summed E-state index contributed by atoms with van der Waals surface area (Å²) in [5.74, 6) is 1.39. The normalized spacial score (nSPS) is 27.1. The van der Waals surface area contributed by atoms with Crippen molar-refractivity contribution in [3.05, 3.63) is 65.8 Å². The fourth-order valence-corrected chi connectivity index (χ4v) is 4.53. The van der Waals surface area contributed by atoms with E-state index in [0.717, 1.165) is 25.9 Å². The molecule has 2 fully saturated rings. The van der Waals surface area contributed by atoms with Crippen LogP contribution in [0.5, 0.6) is 0 Å². The molecule has 2 nitrogen and oxygen atoms in total. The molecule has 2 atom stereocenters. The number of piperidine rings is 1. The van der Waals surface area contributed by atoms with Crippen molar-refractivity contribution >= 4 is 11.5 Å². The highest BCUT2D eigenvalue weighted by Gasteiger charge is 2.55. The van der Waals surface area contributed by atoms with Crippen LogP contribution in [0.4, 0.5) is 0 Å². The van der Waals surface area contributed by atoms with Crippen LogP contribution in [0.15, 0.2) is 54.6 Å². The van der Waals surface area contributed by atoms with Crippen molar-refractivity contribution in [1.82, 2.24) is 4.90 Å². The lowest BCUT2D eigenvalue weighted by atomic mass is 9.88. The van der Waals surface area contributed by atoms with Gasteiger partial charge in [0.15, 0.2) is 0 Å². The highest BCUT2D eigenvalue weighted by molar-refractivity contribution is 5.75. The van der Waals surface area contributed by atoms with Crippen LogP contribution >= 0.6 is 0 Å². The van der Waals surface area contributed by atoms with Gasteiger partial charge < -0.3 is 4.90 Å². The first-order valence-corrected chi connectivity index (χ1v) is 9.50. The van der Waals surface area contributed by atoms with E-state index in [0.29, 0.717) is 17.3 Å². The first-order valence-electron chi connectivity index (χ1n) is 9.50. The maximum atomic E-state index is 11.5. The molecule has 1 spiro atoms. The van der Waals surface area contributed by atoms with Crippen LogP contribution < -0.4 is 0 Å².